The van der Waals surface area contributed by atoms with Crippen LogP contribution >= 0.6 is 0 Å². The molecule has 94 valence electrons. The van der Waals surface area contributed by atoms with Gasteiger partial charge in [0, 0.05) is 6.04 Å². The minimum absolute atomic E-state index is 0.130. The Bertz CT molecular complexity index is 351. The molecule has 1 N–H and O–H groups in total. The summed E-state index contributed by atoms with van der Waals surface area (Å²) in [6.45, 7) is 3.24. The molecule has 2 rings (SSSR count). The van der Waals surface area contributed by atoms with E-state index in [4.69, 9.17) is 0 Å². The lowest BCUT2D eigenvalue weighted by molar-refractivity contribution is 0.393. The van der Waals surface area contributed by atoms with E-state index in [-0.39, 0.29) is 5.82 Å². The second kappa shape index (κ2) is 6.15. The van der Waals surface area contributed by atoms with E-state index in [9.17, 15) is 4.39 Å². The Morgan fingerprint density at radius 3 is 3.00 bits per heavy atom. The van der Waals surface area contributed by atoms with Gasteiger partial charge in [0.2, 0.25) is 0 Å². The number of rotatable bonds is 5. The molecule has 0 amide bonds. The summed E-state index contributed by atoms with van der Waals surface area (Å²) >= 11 is 0. The fraction of sp³-hybridized carbons (Fsp3) is 0.600. The Kier molecular flexibility index (Phi) is 4.55. The molecular formula is C15H22FN. The zero-order valence-electron chi connectivity index (χ0n) is 10.6. The molecule has 1 saturated carbocycles. The van der Waals surface area contributed by atoms with Gasteiger partial charge in [-0.3, -0.25) is 0 Å². The maximum atomic E-state index is 13.0. The van der Waals surface area contributed by atoms with Crippen molar-refractivity contribution in [3.8, 4) is 0 Å². The number of nitrogens with one attached hydrogen (secondary N) is 1. The van der Waals surface area contributed by atoms with E-state index >= 15 is 0 Å². The van der Waals surface area contributed by atoms with Crippen molar-refractivity contribution in [2.24, 2.45) is 5.92 Å². The number of halogens is 1. The molecule has 2 unspecified atom stereocenters. The molecule has 1 nitrogen and oxygen atoms in total. The predicted octanol–water partition coefficient (Wildman–Crippen LogP) is 3.54. The zero-order valence-corrected chi connectivity index (χ0v) is 10.6. The van der Waals surface area contributed by atoms with Crippen LogP contribution in [0.15, 0.2) is 24.3 Å². The van der Waals surface area contributed by atoms with Crippen LogP contribution in [-0.4, -0.2) is 12.6 Å². The fourth-order valence-electron chi connectivity index (χ4n) is 2.89. The van der Waals surface area contributed by atoms with Crippen LogP contribution in [0.25, 0.3) is 0 Å². The average molecular weight is 235 g/mol. The third kappa shape index (κ3) is 3.53. The minimum Gasteiger partial charge on any atom is -0.313 e. The van der Waals surface area contributed by atoms with Gasteiger partial charge >= 0.3 is 0 Å². The Balaban J connectivity index is 1.76. The van der Waals surface area contributed by atoms with Crippen molar-refractivity contribution in [3.05, 3.63) is 35.6 Å². The second-order valence-corrected chi connectivity index (χ2v) is 5.04. The van der Waals surface area contributed by atoms with E-state index in [2.05, 4.69) is 12.2 Å². The van der Waals surface area contributed by atoms with Gasteiger partial charge in [-0.25, -0.2) is 4.39 Å². The van der Waals surface area contributed by atoms with E-state index < -0.39 is 0 Å². The Labute approximate surface area is 103 Å². The van der Waals surface area contributed by atoms with Gasteiger partial charge < -0.3 is 5.32 Å². The standard InChI is InChI=1S/C15H22FN/c1-2-13-6-4-8-15(13)17-10-9-12-5-3-7-14(16)11-12/h3,5,7,11,13,15,17H,2,4,6,8-10H2,1H3. The number of benzene rings is 1. The van der Waals surface area contributed by atoms with Gasteiger partial charge in [-0.15, -0.1) is 0 Å². The Morgan fingerprint density at radius 1 is 1.35 bits per heavy atom. The van der Waals surface area contributed by atoms with Gasteiger partial charge in [0.05, 0.1) is 0 Å². The molecule has 0 saturated heterocycles. The highest BCUT2D eigenvalue weighted by atomic mass is 19.1. The highest BCUT2D eigenvalue weighted by Gasteiger charge is 2.24. The Hall–Kier alpha value is -0.890. The van der Waals surface area contributed by atoms with Crippen LogP contribution in [0, 0.1) is 11.7 Å². The third-order valence-corrected chi connectivity index (χ3v) is 3.89. The van der Waals surface area contributed by atoms with Crippen molar-refractivity contribution >= 4 is 0 Å². The molecule has 0 radical (unpaired) electrons. The van der Waals surface area contributed by atoms with Gasteiger partial charge in [0.15, 0.2) is 0 Å². The summed E-state index contributed by atoms with van der Waals surface area (Å²) in [6, 6.07) is 7.61. The molecule has 0 heterocycles. The van der Waals surface area contributed by atoms with Crippen molar-refractivity contribution in [1.29, 1.82) is 0 Å². The van der Waals surface area contributed by atoms with Crippen LogP contribution in [0.2, 0.25) is 0 Å². The highest BCUT2D eigenvalue weighted by Crippen LogP contribution is 2.27. The molecule has 2 heteroatoms. The minimum atomic E-state index is -0.130. The topological polar surface area (TPSA) is 12.0 Å². The number of hydrogen-bond donors (Lipinski definition) is 1. The van der Waals surface area contributed by atoms with E-state index in [1.54, 1.807) is 12.1 Å². The fourth-order valence-corrected chi connectivity index (χ4v) is 2.89. The lowest BCUT2D eigenvalue weighted by Gasteiger charge is -2.19. The summed E-state index contributed by atoms with van der Waals surface area (Å²) in [5, 5.41) is 3.63. The van der Waals surface area contributed by atoms with Crippen LogP contribution in [0.3, 0.4) is 0 Å². The first-order valence-electron chi connectivity index (χ1n) is 6.77. The van der Waals surface area contributed by atoms with Gasteiger partial charge in [-0.05, 0) is 49.4 Å². The second-order valence-electron chi connectivity index (χ2n) is 5.04. The quantitative estimate of drug-likeness (QED) is 0.823. The lowest BCUT2D eigenvalue weighted by Crippen LogP contribution is -2.33. The summed E-state index contributed by atoms with van der Waals surface area (Å²) in [5.74, 6) is 0.720. The molecule has 1 aliphatic rings. The maximum Gasteiger partial charge on any atom is 0.123 e. The van der Waals surface area contributed by atoms with Crippen molar-refractivity contribution in [2.75, 3.05) is 6.54 Å². The summed E-state index contributed by atoms with van der Waals surface area (Å²) in [6.07, 6.45) is 6.23. The molecule has 0 spiro atoms. The van der Waals surface area contributed by atoms with Crippen molar-refractivity contribution in [3.63, 3.8) is 0 Å². The summed E-state index contributed by atoms with van der Waals surface area (Å²) in [7, 11) is 0. The van der Waals surface area contributed by atoms with E-state index in [1.165, 1.54) is 31.7 Å². The van der Waals surface area contributed by atoms with Crippen molar-refractivity contribution in [1.82, 2.24) is 5.32 Å². The van der Waals surface area contributed by atoms with Crippen LogP contribution in [0.5, 0.6) is 0 Å². The molecule has 1 aromatic rings. The van der Waals surface area contributed by atoms with Crippen molar-refractivity contribution in [2.45, 2.75) is 45.1 Å². The van der Waals surface area contributed by atoms with Crippen LogP contribution < -0.4 is 5.32 Å². The highest BCUT2D eigenvalue weighted by molar-refractivity contribution is 5.16. The molecule has 0 aromatic heterocycles. The molecule has 2 atom stereocenters. The molecule has 0 aliphatic heterocycles. The van der Waals surface area contributed by atoms with Crippen molar-refractivity contribution < 1.29 is 4.39 Å². The zero-order chi connectivity index (χ0) is 12.1. The van der Waals surface area contributed by atoms with Gasteiger partial charge in [0.25, 0.3) is 0 Å². The van der Waals surface area contributed by atoms with Gasteiger partial charge in [-0.1, -0.05) is 31.9 Å². The normalized spacial score (nSPS) is 24.1. The molecule has 17 heavy (non-hydrogen) atoms. The van der Waals surface area contributed by atoms with E-state index in [1.807, 2.05) is 6.07 Å². The maximum absolute atomic E-state index is 13.0. The molecule has 1 fully saturated rings. The molecule has 1 aromatic carbocycles. The summed E-state index contributed by atoms with van der Waals surface area (Å²) in [5.41, 5.74) is 1.09. The Morgan fingerprint density at radius 2 is 2.24 bits per heavy atom. The monoisotopic (exact) mass is 235 g/mol. The number of hydrogen-bond acceptors (Lipinski definition) is 1. The summed E-state index contributed by atoms with van der Waals surface area (Å²) < 4.78 is 13.0. The predicted molar refractivity (Wildman–Crippen MR) is 69.5 cm³/mol. The SMILES string of the molecule is CCC1CCCC1NCCc1cccc(F)c1. The first-order valence-corrected chi connectivity index (χ1v) is 6.77. The largest absolute Gasteiger partial charge is 0.313 e. The first kappa shape index (κ1) is 12.6. The van der Waals surface area contributed by atoms with Gasteiger partial charge in [0.1, 0.15) is 5.82 Å². The third-order valence-electron chi connectivity index (χ3n) is 3.89. The van der Waals surface area contributed by atoms with Crippen LogP contribution in [-0.2, 0) is 6.42 Å². The molecule has 0 bridgehead atoms. The molecular weight excluding hydrogens is 213 g/mol. The average Bonchev–Trinajstić information content (AvgIpc) is 2.77. The van der Waals surface area contributed by atoms with E-state index in [0.717, 1.165) is 24.4 Å². The molecule has 1 aliphatic carbocycles. The smallest absolute Gasteiger partial charge is 0.123 e. The summed E-state index contributed by atoms with van der Waals surface area (Å²) in [4.78, 5) is 0. The van der Waals surface area contributed by atoms with Crippen LogP contribution in [0.1, 0.15) is 38.2 Å². The van der Waals surface area contributed by atoms with E-state index in [0.29, 0.717) is 6.04 Å². The lowest BCUT2D eigenvalue weighted by atomic mass is 10.0. The van der Waals surface area contributed by atoms with Crippen LogP contribution in [0.4, 0.5) is 4.39 Å². The first-order chi connectivity index (χ1) is 8.29. The van der Waals surface area contributed by atoms with Gasteiger partial charge in [-0.2, -0.15) is 0 Å².